The molecule has 0 saturated heterocycles. The van der Waals surface area contributed by atoms with E-state index in [-0.39, 0.29) is 12.0 Å². The van der Waals surface area contributed by atoms with Gasteiger partial charge >= 0.3 is 0 Å². The van der Waals surface area contributed by atoms with E-state index >= 15 is 0 Å². The van der Waals surface area contributed by atoms with Gasteiger partial charge in [-0.15, -0.1) is 0 Å². The molecule has 5 nitrogen and oxygen atoms in total. The fourth-order valence-corrected chi connectivity index (χ4v) is 1.40. The summed E-state index contributed by atoms with van der Waals surface area (Å²) in [5.41, 5.74) is 6.65. The van der Waals surface area contributed by atoms with Crippen LogP contribution in [0.3, 0.4) is 0 Å². The molecule has 0 aliphatic heterocycles. The van der Waals surface area contributed by atoms with Crippen LogP contribution in [0.15, 0.2) is 12.3 Å². The van der Waals surface area contributed by atoms with Crippen molar-refractivity contribution in [3.05, 3.63) is 17.8 Å². The summed E-state index contributed by atoms with van der Waals surface area (Å²) in [6, 6.07) is 3.58. The van der Waals surface area contributed by atoms with Crippen molar-refractivity contribution in [2.75, 3.05) is 24.2 Å². The average molecular weight is 234 g/mol. The molecular weight excluding hydrogens is 216 g/mol. The molecule has 0 bridgehead atoms. The van der Waals surface area contributed by atoms with Gasteiger partial charge in [-0.3, -0.25) is 0 Å². The van der Waals surface area contributed by atoms with E-state index in [9.17, 15) is 0 Å². The number of rotatable bonds is 5. The van der Waals surface area contributed by atoms with E-state index in [1.165, 1.54) is 6.20 Å². The number of hydrogen-bond donors (Lipinski definition) is 3. The molecular formula is C12H18N4O. The summed E-state index contributed by atoms with van der Waals surface area (Å²) < 4.78 is 0. The van der Waals surface area contributed by atoms with Crippen molar-refractivity contribution in [3.63, 3.8) is 0 Å². The number of aliphatic hydroxyl groups excluding tert-OH is 1. The molecule has 4 N–H and O–H groups in total. The summed E-state index contributed by atoms with van der Waals surface area (Å²) in [5.74, 6) is 0.579. The maximum Gasteiger partial charge on any atom is 0.149 e. The van der Waals surface area contributed by atoms with Gasteiger partial charge in [0.2, 0.25) is 0 Å². The number of nitrogens with zero attached hydrogens (tertiary/aromatic N) is 2. The van der Waals surface area contributed by atoms with Gasteiger partial charge < -0.3 is 16.2 Å². The maximum absolute atomic E-state index is 8.92. The molecule has 0 radical (unpaired) electrons. The zero-order valence-corrected chi connectivity index (χ0v) is 10.2. The summed E-state index contributed by atoms with van der Waals surface area (Å²) in [5, 5.41) is 20.7. The number of nitriles is 1. The number of pyridine rings is 1. The minimum Gasteiger partial charge on any atom is -0.396 e. The Morgan fingerprint density at radius 2 is 2.29 bits per heavy atom. The van der Waals surface area contributed by atoms with Gasteiger partial charge in [-0.1, -0.05) is 13.8 Å². The second-order valence-electron chi connectivity index (χ2n) is 4.77. The van der Waals surface area contributed by atoms with Gasteiger partial charge in [0.1, 0.15) is 11.9 Å². The zero-order chi connectivity index (χ0) is 12.9. The number of nitrogen functional groups attached to an aromatic ring is 1. The highest BCUT2D eigenvalue weighted by molar-refractivity contribution is 5.63. The van der Waals surface area contributed by atoms with E-state index in [4.69, 9.17) is 16.1 Å². The van der Waals surface area contributed by atoms with E-state index in [0.29, 0.717) is 30.0 Å². The molecule has 0 unspecified atom stereocenters. The van der Waals surface area contributed by atoms with Crippen LogP contribution in [0.1, 0.15) is 25.8 Å². The fourth-order valence-electron chi connectivity index (χ4n) is 1.40. The Hall–Kier alpha value is -1.80. The number of nitrogens with two attached hydrogens (primary N) is 1. The largest absolute Gasteiger partial charge is 0.396 e. The van der Waals surface area contributed by atoms with Crippen molar-refractivity contribution in [2.24, 2.45) is 5.41 Å². The van der Waals surface area contributed by atoms with Gasteiger partial charge in [0.25, 0.3) is 0 Å². The number of nitrogens with one attached hydrogen (secondary N) is 1. The lowest BCUT2D eigenvalue weighted by atomic mass is 9.90. The van der Waals surface area contributed by atoms with E-state index < -0.39 is 0 Å². The lowest BCUT2D eigenvalue weighted by Crippen LogP contribution is -2.25. The predicted octanol–water partition coefficient (Wildman–Crippen LogP) is 1.36. The summed E-state index contributed by atoms with van der Waals surface area (Å²) >= 11 is 0. The van der Waals surface area contributed by atoms with Gasteiger partial charge in [-0.05, 0) is 17.9 Å². The molecule has 0 aromatic carbocycles. The molecule has 17 heavy (non-hydrogen) atoms. The van der Waals surface area contributed by atoms with Gasteiger partial charge in [0.05, 0.1) is 11.3 Å². The van der Waals surface area contributed by atoms with Gasteiger partial charge in [-0.2, -0.15) is 5.26 Å². The highest BCUT2D eigenvalue weighted by Gasteiger charge is 2.17. The van der Waals surface area contributed by atoms with Crippen molar-refractivity contribution in [3.8, 4) is 6.07 Å². The smallest absolute Gasteiger partial charge is 0.149 e. The van der Waals surface area contributed by atoms with Crippen LogP contribution in [0.25, 0.3) is 0 Å². The Bertz CT molecular complexity index is 423. The van der Waals surface area contributed by atoms with Crippen LogP contribution in [0, 0.1) is 16.7 Å². The summed E-state index contributed by atoms with van der Waals surface area (Å²) in [4.78, 5) is 4.09. The summed E-state index contributed by atoms with van der Waals surface area (Å²) in [6.07, 6.45) is 2.19. The molecule has 0 aliphatic carbocycles. The number of aromatic nitrogens is 1. The first-order valence-electron chi connectivity index (χ1n) is 5.49. The van der Waals surface area contributed by atoms with Gasteiger partial charge in [0.15, 0.2) is 0 Å². The molecule has 0 atom stereocenters. The van der Waals surface area contributed by atoms with Crippen molar-refractivity contribution < 1.29 is 5.11 Å². The summed E-state index contributed by atoms with van der Waals surface area (Å²) in [7, 11) is 0. The van der Waals surface area contributed by atoms with E-state index in [2.05, 4.69) is 24.1 Å². The number of hydrogen-bond acceptors (Lipinski definition) is 5. The Balaban J connectivity index is 2.67. The molecule has 5 heteroatoms. The lowest BCUT2D eigenvalue weighted by Gasteiger charge is -2.24. The Morgan fingerprint density at radius 3 is 2.82 bits per heavy atom. The SMILES string of the molecule is CC(C)(CCO)CNc1ncc(C#N)cc1N. The van der Waals surface area contributed by atoms with E-state index in [1.807, 2.05) is 6.07 Å². The molecule has 0 amide bonds. The standard InChI is InChI=1S/C12H18N4O/c1-12(2,3-4-17)8-16-11-10(14)5-9(6-13)7-15-11/h5,7,17H,3-4,8,14H2,1-2H3,(H,15,16). The van der Waals surface area contributed by atoms with Crippen LogP contribution in [0.4, 0.5) is 11.5 Å². The lowest BCUT2D eigenvalue weighted by molar-refractivity contribution is 0.220. The van der Waals surface area contributed by atoms with Gasteiger partial charge in [0, 0.05) is 19.3 Å². The Labute approximate surface area is 101 Å². The first kappa shape index (κ1) is 13.3. The third kappa shape index (κ3) is 3.93. The molecule has 92 valence electrons. The van der Waals surface area contributed by atoms with Crippen LogP contribution in [0.2, 0.25) is 0 Å². The van der Waals surface area contributed by atoms with E-state index in [0.717, 1.165) is 0 Å². The second-order valence-corrected chi connectivity index (χ2v) is 4.77. The fraction of sp³-hybridized carbons (Fsp3) is 0.500. The van der Waals surface area contributed by atoms with Crippen LogP contribution >= 0.6 is 0 Å². The average Bonchev–Trinajstić information content (AvgIpc) is 2.27. The molecule has 0 fully saturated rings. The highest BCUT2D eigenvalue weighted by atomic mass is 16.3. The van der Waals surface area contributed by atoms with Crippen LogP contribution in [0.5, 0.6) is 0 Å². The van der Waals surface area contributed by atoms with Crippen LogP contribution in [-0.4, -0.2) is 23.2 Å². The van der Waals surface area contributed by atoms with Crippen molar-refractivity contribution in [1.82, 2.24) is 4.98 Å². The Morgan fingerprint density at radius 1 is 1.59 bits per heavy atom. The molecule has 1 aromatic heterocycles. The van der Waals surface area contributed by atoms with Crippen molar-refractivity contribution in [1.29, 1.82) is 5.26 Å². The molecule has 1 heterocycles. The minimum atomic E-state index is -0.0310. The van der Waals surface area contributed by atoms with Crippen molar-refractivity contribution in [2.45, 2.75) is 20.3 Å². The molecule has 1 aromatic rings. The quantitative estimate of drug-likeness (QED) is 0.715. The van der Waals surface area contributed by atoms with Crippen LogP contribution < -0.4 is 11.1 Å². The zero-order valence-electron chi connectivity index (χ0n) is 10.2. The topological polar surface area (TPSA) is 95.0 Å². The molecule has 1 rings (SSSR count). The third-order valence-corrected chi connectivity index (χ3v) is 2.57. The third-order valence-electron chi connectivity index (χ3n) is 2.57. The predicted molar refractivity (Wildman–Crippen MR) is 67.3 cm³/mol. The molecule has 0 aliphatic rings. The number of anilines is 2. The molecule has 0 saturated carbocycles. The first-order chi connectivity index (χ1) is 7.98. The maximum atomic E-state index is 8.92. The van der Waals surface area contributed by atoms with E-state index in [1.54, 1.807) is 6.07 Å². The normalized spacial score (nSPS) is 10.9. The van der Waals surface area contributed by atoms with Crippen LogP contribution in [-0.2, 0) is 0 Å². The van der Waals surface area contributed by atoms with Gasteiger partial charge in [-0.25, -0.2) is 4.98 Å². The second kappa shape index (κ2) is 5.51. The minimum absolute atomic E-state index is 0.0310. The Kier molecular flexibility index (Phi) is 4.30. The van der Waals surface area contributed by atoms with Crippen molar-refractivity contribution >= 4 is 11.5 Å². The number of aliphatic hydroxyl groups is 1. The summed E-state index contributed by atoms with van der Waals surface area (Å²) in [6.45, 7) is 4.92. The first-order valence-corrected chi connectivity index (χ1v) is 5.49. The highest BCUT2D eigenvalue weighted by Crippen LogP contribution is 2.22. The molecule has 0 spiro atoms. The monoisotopic (exact) mass is 234 g/mol.